The molecule has 0 radical (unpaired) electrons. The van der Waals surface area contributed by atoms with E-state index in [1.165, 1.54) is 0 Å². The van der Waals surface area contributed by atoms with Crippen molar-refractivity contribution in [3.8, 4) is 0 Å². The Balaban J connectivity index is 2.04. The first-order valence-electron chi connectivity index (χ1n) is 5.58. The Bertz CT molecular complexity index is 228. The number of hydrogen-bond acceptors (Lipinski definition) is 3. The van der Waals surface area contributed by atoms with Crippen molar-refractivity contribution in [2.24, 2.45) is 5.41 Å². The molecule has 1 aliphatic rings. The fraction of sp³-hybridized carbons (Fsp3) is 0.909. The topological polar surface area (TPSA) is 69.6 Å². The largest absolute Gasteiger partial charge is 0.481 e. The van der Waals surface area contributed by atoms with Crippen LogP contribution in [0.2, 0.25) is 0 Å². The Morgan fingerprint density at radius 1 is 1.47 bits per heavy atom. The van der Waals surface area contributed by atoms with Crippen LogP contribution in [0.25, 0.3) is 0 Å². The molecule has 4 nitrogen and oxygen atoms in total. The first kappa shape index (κ1) is 12.5. The van der Waals surface area contributed by atoms with Gasteiger partial charge in [-0.2, -0.15) is 0 Å². The SMILES string of the molecule is CC1(C)C(O)CC1NCCCCC(=O)O. The van der Waals surface area contributed by atoms with Crippen LogP contribution in [0.3, 0.4) is 0 Å². The lowest BCUT2D eigenvalue weighted by Crippen LogP contribution is -2.60. The minimum Gasteiger partial charge on any atom is -0.481 e. The van der Waals surface area contributed by atoms with Crippen LogP contribution in [0.15, 0.2) is 0 Å². The summed E-state index contributed by atoms with van der Waals surface area (Å²) in [5, 5.41) is 21.3. The number of carboxylic acids is 1. The Hall–Kier alpha value is -0.610. The molecular formula is C11H21NO3. The van der Waals surface area contributed by atoms with Crippen LogP contribution in [0, 0.1) is 5.41 Å². The lowest BCUT2D eigenvalue weighted by Gasteiger charge is -2.49. The van der Waals surface area contributed by atoms with Gasteiger partial charge in [-0.1, -0.05) is 13.8 Å². The van der Waals surface area contributed by atoms with E-state index in [0.717, 1.165) is 25.8 Å². The Kier molecular flexibility index (Phi) is 4.11. The Labute approximate surface area is 90.7 Å². The molecule has 15 heavy (non-hydrogen) atoms. The number of carbonyl (C=O) groups is 1. The summed E-state index contributed by atoms with van der Waals surface area (Å²) in [6.45, 7) is 4.94. The van der Waals surface area contributed by atoms with E-state index in [2.05, 4.69) is 19.2 Å². The van der Waals surface area contributed by atoms with Gasteiger partial charge in [-0.25, -0.2) is 0 Å². The first-order valence-corrected chi connectivity index (χ1v) is 5.58. The maximum absolute atomic E-state index is 10.3. The quantitative estimate of drug-likeness (QED) is 0.578. The van der Waals surface area contributed by atoms with Gasteiger partial charge < -0.3 is 15.5 Å². The van der Waals surface area contributed by atoms with Gasteiger partial charge in [0.2, 0.25) is 0 Å². The van der Waals surface area contributed by atoms with Crippen LogP contribution in [0.1, 0.15) is 39.5 Å². The van der Waals surface area contributed by atoms with Crippen LogP contribution in [-0.2, 0) is 4.79 Å². The maximum atomic E-state index is 10.3. The third kappa shape index (κ3) is 3.18. The Morgan fingerprint density at radius 2 is 2.13 bits per heavy atom. The molecule has 3 N–H and O–H groups in total. The lowest BCUT2D eigenvalue weighted by molar-refractivity contribution is -0.137. The van der Waals surface area contributed by atoms with Gasteiger partial charge in [-0.3, -0.25) is 4.79 Å². The number of aliphatic hydroxyl groups is 1. The van der Waals surface area contributed by atoms with Gasteiger partial charge in [-0.15, -0.1) is 0 Å². The fourth-order valence-corrected chi connectivity index (χ4v) is 1.93. The summed E-state index contributed by atoms with van der Waals surface area (Å²) in [6, 6.07) is 0.373. The van der Waals surface area contributed by atoms with Gasteiger partial charge in [0.1, 0.15) is 0 Å². The van der Waals surface area contributed by atoms with E-state index in [0.29, 0.717) is 6.04 Å². The number of rotatable bonds is 6. The minimum absolute atomic E-state index is 0.0349. The normalized spacial score (nSPS) is 28.5. The average Bonchev–Trinajstić information content (AvgIpc) is 2.15. The average molecular weight is 215 g/mol. The van der Waals surface area contributed by atoms with Crippen molar-refractivity contribution in [3.63, 3.8) is 0 Å². The summed E-state index contributed by atoms with van der Waals surface area (Å²) < 4.78 is 0. The molecule has 0 saturated heterocycles. The van der Waals surface area contributed by atoms with Crippen molar-refractivity contribution in [2.75, 3.05) is 6.54 Å². The fourth-order valence-electron chi connectivity index (χ4n) is 1.93. The molecule has 1 fully saturated rings. The highest BCUT2D eigenvalue weighted by Gasteiger charge is 2.46. The molecule has 0 aromatic carbocycles. The third-order valence-electron chi connectivity index (χ3n) is 3.42. The van der Waals surface area contributed by atoms with Crippen LogP contribution < -0.4 is 5.32 Å². The van der Waals surface area contributed by atoms with E-state index in [4.69, 9.17) is 5.11 Å². The summed E-state index contributed by atoms with van der Waals surface area (Å²) in [5.74, 6) is -0.727. The molecule has 1 rings (SSSR count). The number of unbranched alkanes of at least 4 members (excludes halogenated alkanes) is 1. The molecule has 0 aliphatic heterocycles. The summed E-state index contributed by atoms with van der Waals surface area (Å²) in [4.78, 5) is 10.3. The number of aliphatic hydroxyl groups excluding tert-OH is 1. The molecule has 4 heteroatoms. The summed E-state index contributed by atoms with van der Waals surface area (Å²) in [5.41, 5.74) is -0.0349. The molecule has 0 heterocycles. The maximum Gasteiger partial charge on any atom is 0.303 e. The van der Waals surface area contributed by atoms with Crippen molar-refractivity contribution < 1.29 is 15.0 Å². The van der Waals surface area contributed by atoms with E-state index in [9.17, 15) is 9.90 Å². The molecule has 0 aromatic heterocycles. The molecular weight excluding hydrogens is 194 g/mol. The second-order valence-corrected chi connectivity index (χ2v) is 4.93. The van der Waals surface area contributed by atoms with Gasteiger partial charge in [0.15, 0.2) is 0 Å². The van der Waals surface area contributed by atoms with Gasteiger partial charge in [0.25, 0.3) is 0 Å². The standard InChI is InChI=1S/C11H21NO3/c1-11(2)8(7-9(11)13)12-6-4-3-5-10(14)15/h8-9,12-13H,3-7H2,1-2H3,(H,14,15). The second-order valence-electron chi connectivity index (χ2n) is 4.93. The summed E-state index contributed by atoms with van der Waals surface area (Å²) in [7, 11) is 0. The summed E-state index contributed by atoms with van der Waals surface area (Å²) in [6.07, 6.45) is 2.46. The lowest BCUT2D eigenvalue weighted by atomic mass is 9.64. The van der Waals surface area contributed by atoms with Crippen molar-refractivity contribution >= 4 is 5.97 Å². The van der Waals surface area contributed by atoms with Crippen molar-refractivity contribution in [3.05, 3.63) is 0 Å². The van der Waals surface area contributed by atoms with Crippen molar-refractivity contribution in [1.82, 2.24) is 5.32 Å². The van der Waals surface area contributed by atoms with Gasteiger partial charge in [-0.05, 0) is 25.8 Å². The van der Waals surface area contributed by atoms with E-state index in [-0.39, 0.29) is 17.9 Å². The second kappa shape index (κ2) is 4.94. The minimum atomic E-state index is -0.727. The van der Waals surface area contributed by atoms with Gasteiger partial charge in [0, 0.05) is 17.9 Å². The number of nitrogens with one attached hydrogen (secondary N) is 1. The molecule has 2 unspecified atom stereocenters. The number of carboxylic acid groups (broad SMARTS) is 1. The van der Waals surface area contributed by atoms with E-state index < -0.39 is 5.97 Å². The van der Waals surface area contributed by atoms with E-state index >= 15 is 0 Å². The van der Waals surface area contributed by atoms with Crippen LogP contribution in [-0.4, -0.2) is 34.9 Å². The zero-order valence-electron chi connectivity index (χ0n) is 9.49. The van der Waals surface area contributed by atoms with Crippen LogP contribution >= 0.6 is 0 Å². The molecule has 0 aromatic rings. The smallest absolute Gasteiger partial charge is 0.303 e. The highest BCUT2D eigenvalue weighted by molar-refractivity contribution is 5.66. The number of aliphatic carboxylic acids is 1. The van der Waals surface area contributed by atoms with E-state index in [1.54, 1.807) is 0 Å². The van der Waals surface area contributed by atoms with E-state index in [1.807, 2.05) is 0 Å². The van der Waals surface area contributed by atoms with Gasteiger partial charge >= 0.3 is 5.97 Å². The molecule has 1 aliphatic carbocycles. The molecule has 1 saturated carbocycles. The Morgan fingerprint density at radius 3 is 2.60 bits per heavy atom. The summed E-state index contributed by atoms with van der Waals surface area (Å²) >= 11 is 0. The van der Waals surface area contributed by atoms with Crippen molar-refractivity contribution in [1.29, 1.82) is 0 Å². The molecule has 0 amide bonds. The number of hydrogen-bond donors (Lipinski definition) is 3. The van der Waals surface area contributed by atoms with Crippen LogP contribution in [0.5, 0.6) is 0 Å². The van der Waals surface area contributed by atoms with Crippen molar-refractivity contribution in [2.45, 2.75) is 51.7 Å². The monoisotopic (exact) mass is 215 g/mol. The zero-order valence-corrected chi connectivity index (χ0v) is 9.49. The molecule has 2 atom stereocenters. The third-order valence-corrected chi connectivity index (χ3v) is 3.42. The molecule has 0 bridgehead atoms. The molecule has 0 spiro atoms. The highest BCUT2D eigenvalue weighted by Crippen LogP contribution is 2.40. The highest BCUT2D eigenvalue weighted by atomic mass is 16.4. The predicted molar refractivity (Wildman–Crippen MR) is 57.7 cm³/mol. The van der Waals surface area contributed by atoms with Gasteiger partial charge in [0.05, 0.1) is 6.10 Å². The van der Waals surface area contributed by atoms with Crippen LogP contribution in [0.4, 0.5) is 0 Å². The zero-order chi connectivity index (χ0) is 11.5. The molecule has 88 valence electrons. The predicted octanol–water partition coefficient (Wildman–Crippen LogP) is 0.990. The first-order chi connectivity index (χ1) is 6.94.